The molecule has 2 aromatic rings. The Kier molecular flexibility index (Phi) is 4.16. The van der Waals surface area contributed by atoms with E-state index in [0.717, 1.165) is 4.47 Å². The second-order valence-electron chi connectivity index (χ2n) is 3.47. The van der Waals surface area contributed by atoms with Crippen LogP contribution < -0.4 is 10.5 Å². The van der Waals surface area contributed by atoms with E-state index in [1.807, 2.05) is 0 Å². The van der Waals surface area contributed by atoms with Crippen LogP contribution in [-0.4, -0.2) is 4.98 Å². The Morgan fingerprint density at radius 3 is 2.83 bits per heavy atom. The van der Waals surface area contributed by atoms with Gasteiger partial charge < -0.3 is 10.5 Å². The Morgan fingerprint density at radius 1 is 1.39 bits per heavy atom. The first-order valence-electron chi connectivity index (χ1n) is 5.08. The fourth-order valence-corrected chi connectivity index (χ4v) is 2.07. The number of benzene rings is 1. The Labute approximate surface area is 117 Å². The normalized spacial score (nSPS) is 10.4. The lowest BCUT2D eigenvalue weighted by atomic mass is 10.2. The summed E-state index contributed by atoms with van der Waals surface area (Å²) in [6, 6.07) is 6.53. The molecule has 3 nitrogen and oxygen atoms in total. The topological polar surface area (TPSA) is 48.1 Å². The first-order chi connectivity index (χ1) is 8.61. The molecule has 1 aromatic carbocycles. The van der Waals surface area contributed by atoms with E-state index >= 15 is 0 Å². The molecule has 0 amide bonds. The molecule has 18 heavy (non-hydrogen) atoms. The fraction of sp³-hybridized carbons (Fsp3) is 0.0833. The highest BCUT2D eigenvalue weighted by molar-refractivity contribution is 9.10. The monoisotopic (exact) mass is 330 g/mol. The molecule has 0 spiro atoms. The van der Waals surface area contributed by atoms with Gasteiger partial charge in [-0.1, -0.05) is 27.5 Å². The van der Waals surface area contributed by atoms with Crippen molar-refractivity contribution >= 4 is 27.5 Å². The lowest BCUT2D eigenvalue weighted by Gasteiger charge is -2.09. The van der Waals surface area contributed by atoms with Gasteiger partial charge in [-0.3, -0.25) is 0 Å². The molecule has 94 valence electrons. The van der Waals surface area contributed by atoms with Crippen molar-refractivity contribution in [2.24, 2.45) is 5.73 Å². The zero-order valence-electron chi connectivity index (χ0n) is 9.16. The molecule has 2 N–H and O–H groups in total. The van der Waals surface area contributed by atoms with Gasteiger partial charge >= 0.3 is 0 Å². The largest absolute Gasteiger partial charge is 0.435 e. The zero-order valence-corrected chi connectivity index (χ0v) is 11.5. The summed E-state index contributed by atoms with van der Waals surface area (Å²) in [5, 5.41) is 0.365. The van der Waals surface area contributed by atoms with Crippen molar-refractivity contribution in [2.75, 3.05) is 0 Å². The van der Waals surface area contributed by atoms with E-state index in [2.05, 4.69) is 20.9 Å². The average Bonchev–Trinajstić information content (AvgIpc) is 2.35. The fourth-order valence-electron chi connectivity index (χ4n) is 1.35. The van der Waals surface area contributed by atoms with Gasteiger partial charge in [0.15, 0.2) is 5.82 Å². The summed E-state index contributed by atoms with van der Waals surface area (Å²) in [6.07, 6.45) is 1.44. The summed E-state index contributed by atoms with van der Waals surface area (Å²) in [7, 11) is 0. The van der Waals surface area contributed by atoms with Gasteiger partial charge in [-0.15, -0.1) is 0 Å². The maximum atomic E-state index is 13.8. The van der Waals surface area contributed by atoms with Crippen LogP contribution in [0.3, 0.4) is 0 Å². The molecule has 0 fully saturated rings. The van der Waals surface area contributed by atoms with E-state index in [-0.39, 0.29) is 12.4 Å². The molecule has 0 aliphatic carbocycles. The van der Waals surface area contributed by atoms with E-state index in [1.54, 1.807) is 18.2 Å². The molecule has 0 saturated heterocycles. The Morgan fingerprint density at radius 2 is 2.17 bits per heavy atom. The van der Waals surface area contributed by atoms with E-state index in [1.165, 1.54) is 12.3 Å². The molecule has 0 aliphatic rings. The number of halogens is 3. The van der Waals surface area contributed by atoms with Crippen LogP contribution >= 0.6 is 27.5 Å². The maximum Gasteiger partial charge on any atom is 0.256 e. The quantitative estimate of drug-likeness (QED) is 0.928. The predicted octanol–water partition coefficient (Wildman–Crippen LogP) is 3.89. The number of hydrogen-bond donors (Lipinski definition) is 1. The van der Waals surface area contributed by atoms with Crippen LogP contribution in [0, 0.1) is 5.82 Å². The summed E-state index contributed by atoms with van der Waals surface area (Å²) in [4.78, 5) is 3.82. The van der Waals surface area contributed by atoms with E-state index in [0.29, 0.717) is 16.3 Å². The third-order valence-corrected chi connectivity index (χ3v) is 3.05. The Hall–Kier alpha value is -1.17. The highest BCUT2D eigenvalue weighted by atomic mass is 79.9. The summed E-state index contributed by atoms with van der Waals surface area (Å²) in [6.45, 7) is 0.0821. The van der Waals surface area contributed by atoms with Crippen LogP contribution in [0.2, 0.25) is 5.02 Å². The molecule has 6 heteroatoms. The van der Waals surface area contributed by atoms with Crippen LogP contribution in [0.1, 0.15) is 5.56 Å². The van der Waals surface area contributed by atoms with Crippen LogP contribution in [0.15, 0.2) is 34.9 Å². The van der Waals surface area contributed by atoms with Crippen molar-refractivity contribution in [3.63, 3.8) is 0 Å². The molecule has 2 rings (SSSR count). The van der Waals surface area contributed by atoms with E-state index in [9.17, 15) is 4.39 Å². The summed E-state index contributed by atoms with van der Waals surface area (Å²) >= 11 is 9.25. The van der Waals surface area contributed by atoms with Crippen LogP contribution in [0.5, 0.6) is 11.6 Å². The molecule has 0 aliphatic heterocycles. The predicted molar refractivity (Wildman–Crippen MR) is 71.3 cm³/mol. The molecule has 0 bridgehead atoms. The lowest BCUT2D eigenvalue weighted by Crippen LogP contribution is -2.02. The lowest BCUT2D eigenvalue weighted by molar-refractivity contribution is 0.419. The molecular weight excluding hydrogens is 322 g/mol. The molecule has 0 unspecified atom stereocenters. The number of pyridine rings is 1. The van der Waals surface area contributed by atoms with Gasteiger partial charge in [0.2, 0.25) is 0 Å². The van der Waals surface area contributed by atoms with Gasteiger partial charge in [0.25, 0.3) is 5.88 Å². The van der Waals surface area contributed by atoms with Gasteiger partial charge in [-0.05, 0) is 24.3 Å². The zero-order chi connectivity index (χ0) is 13.1. The van der Waals surface area contributed by atoms with Gasteiger partial charge in [-0.2, -0.15) is 0 Å². The third kappa shape index (κ3) is 2.80. The minimum absolute atomic E-state index is 0.0821. The number of aromatic nitrogens is 1. The smallest absolute Gasteiger partial charge is 0.256 e. The summed E-state index contributed by atoms with van der Waals surface area (Å²) in [5.41, 5.74) is 5.75. The first-order valence-corrected chi connectivity index (χ1v) is 6.25. The Balaban J connectivity index is 2.34. The molecule has 1 heterocycles. The van der Waals surface area contributed by atoms with Gasteiger partial charge in [0.05, 0.1) is 5.02 Å². The van der Waals surface area contributed by atoms with E-state index < -0.39 is 5.82 Å². The second kappa shape index (κ2) is 5.65. The van der Waals surface area contributed by atoms with Crippen LogP contribution in [0.4, 0.5) is 4.39 Å². The molecule has 0 radical (unpaired) electrons. The van der Waals surface area contributed by atoms with Crippen molar-refractivity contribution in [3.8, 4) is 11.6 Å². The third-order valence-electron chi connectivity index (χ3n) is 2.26. The van der Waals surface area contributed by atoms with E-state index in [4.69, 9.17) is 22.1 Å². The van der Waals surface area contributed by atoms with Gasteiger partial charge in [0.1, 0.15) is 5.75 Å². The second-order valence-corrected chi connectivity index (χ2v) is 4.79. The minimum atomic E-state index is -0.570. The Bertz CT molecular complexity index is 580. The van der Waals surface area contributed by atoms with Crippen molar-refractivity contribution in [3.05, 3.63) is 51.3 Å². The van der Waals surface area contributed by atoms with Crippen molar-refractivity contribution in [1.82, 2.24) is 4.98 Å². The summed E-state index contributed by atoms with van der Waals surface area (Å²) < 4.78 is 20.0. The number of nitrogens with zero attached hydrogens (tertiary/aromatic N) is 1. The molecular formula is C12H9BrClFN2O. The average molecular weight is 332 g/mol. The van der Waals surface area contributed by atoms with Crippen LogP contribution in [-0.2, 0) is 6.54 Å². The highest BCUT2D eigenvalue weighted by Gasteiger charge is 2.12. The number of rotatable bonds is 3. The minimum Gasteiger partial charge on any atom is -0.435 e. The molecule has 0 saturated carbocycles. The number of nitrogens with two attached hydrogens (primary N) is 1. The maximum absolute atomic E-state index is 13.8. The standard InChI is InChI=1S/C12H9BrClFN2O/c13-8-1-2-10(9(14)5-8)18-12-11(15)7(6-16)3-4-17-12/h1-5H,6,16H2. The first kappa shape index (κ1) is 13.3. The summed E-state index contributed by atoms with van der Waals surface area (Å²) in [5.74, 6) is -0.374. The van der Waals surface area contributed by atoms with Crippen molar-refractivity contribution in [2.45, 2.75) is 6.54 Å². The van der Waals surface area contributed by atoms with Crippen molar-refractivity contribution < 1.29 is 9.13 Å². The van der Waals surface area contributed by atoms with Gasteiger partial charge in [0, 0.05) is 22.8 Å². The number of hydrogen-bond acceptors (Lipinski definition) is 3. The van der Waals surface area contributed by atoms with Crippen molar-refractivity contribution in [1.29, 1.82) is 0 Å². The molecule has 1 aromatic heterocycles. The van der Waals surface area contributed by atoms with Crippen LogP contribution in [0.25, 0.3) is 0 Å². The highest BCUT2D eigenvalue weighted by Crippen LogP contribution is 2.32. The number of ether oxygens (including phenoxy) is 1. The molecule has 0 atom stereocenters. The van der Waals surface area contributed by atoms with Gasteiger partial charge in [-0.25, -0.2) is 9.37 Å². The SMILES string of the molecule is NCc1ccnc(Oc2ccc(Br)cc2Cl)c1F.